The minimum atomic E-state index is 0.934. The summed E-state index contributed by atoms with van der Waals surface area (Å²) in [4.78, 5) is 0. The zero-order valence-corrected chi connectivity index (χ0v) is 7.30. The summed E-state index contributed by atoms with van der Waals surface area (Å²) in [5, 5.41) is 0. The van der Waals surface area contributed by atoms with E-state index >= 15 is 0 Å². The topological polar surface area (TPSA) is 26.0 Å². The van der Waals surface area contributed by atoms with Crippen LogP contribution in [0.4, 0.5) is 0 Å². The van der Waals surface area contributed by atoms with Crippen molar-refractivity contribution in [1.82, 2.24) is 0 Å². The lowest BCUT2D eigenvalue weighted by Crippen LogP contribution is -1.95. The van der Waals surface area contributed by atoms with E-state index in [-0.39, 0.29) is 0 Å². The van der Waals surface area contributed by atoms with Crippen LogP contribution in [0.1, 0.15) is 23.6 Å². The van der Waals surface area contributed by atoms with Crippen molar-refractivity contribution in [3.63, 3.8) is 0 Å². The molecule has 12 heavy (non-hydrogen) atoms. The molecule has 0 fully saturated rings. The molecule has 1 aromatic carbocycles. The molecular weight excluding hydrogens is 146 g/mol. The molecule has 1 nitrogen and oxygen atoms in total. The van der Waals surface area contributed by atoms with Crippen LogP contribution in [-0.4, -0.2) is 0 Å². The number of fused-ring (bicyclic) bond motifs is 1. The maximum Gasteiger partial charge on any atom is 0.0131 e. The number of allylic oxidation sites excluding steroid dienone is 1. The summed E-state index contributed by atoms with van der Waals surface area (Å²) in [6, 6.07) is 6.59. The second-order valence-electron chi connectivity index (χ2n) is 3.28. The summed E-state index contributed by atoms with van der Waals surface area (Å²) in [5.74, 6) is 0. The largest absolute Gasteiger partial charge is 0.402 e. The van der Waals surface area contributed by atoms with E-state index in [9.17, 15) is 0 Å². The number of aryl methyl sites for hydroxylation is 1. The van der Waals surface area contributed by atoms with Gasteiger partial charge in [-0.1, -0.05) is 25.1 Å². The van der Waals surface area contributed by atoms with Crippen LogP contribution >= 0.6 is 0 Å². The maximum atomic E-state index is 5.74. The average molecular weight is 159 g/mol. The van der Waals surface area contributed by atoms with Gasteiger partial charge in [-0.05, 0) is 29.2 Å². The highest BCUT2D eigenvalue weighted by atomic mass is 14.6. The van der Waals surface area contributed by atoms with Gasteiger partial charge in [0.2, 0.25) is 0 Å². The Bertz CT molecular complexity index is 337. The fourth-order valence-corrected chi connectivity index (χ4v) is 1.64. The summed E-state index contributed by atoms with van der Waals surface area (Å²) >= 11 is 0. The van der Waals surface area contributed by atoms with Crippen molar-refractivity contribution in [3.8, 4) is 0 Å². The highest BCUT2D eigenvalue weighted by molar-refractivity contribution is 5.63. The Hall–Kier alpha value is -1.24. The van der Waals surface area contributed by atoms with E-state index in [1.165, 1.54) is 16.7 Å². The molecule has 0 atom stereocenters. The predicted octanol–water partition coefficient (Wildman–Crippen LogP) is 2.10. The monoisotopic (exact) mass is 159 g/mol. The Labute approximate surface area is 72.9 Å². The van der Waals surface area contributed by atoms with Gasteiger partial charge >= 0.3 is 0 Å². The third-order valence-corrected chi connectivity index (χ3v) is 2.35. The molecule has 0 aromatic heterocycles. The van der Waals surface area contributed by atoms with Crippen molar-refractivity contribution in [1.29, 1.82) is 0 Å². The number of hydrogen-bond donors (Lipinski definition) is 1. The molecule has 0 heterocycles. The molecule has 0 radical (unpaired) electrons. The standard InChI is InChI=1S/C11H13N/c1-2-8-3-4-9-6-11(12)7-10(9)5-8/h3-6H,2,7,12H2,1H3. The molecule has 0 aliphatic heterocycles. The number of nitrogens with two attached hydrogens (primary N) is 1. The molecule has 2 rings (SSSR count). The van der Waals surface area contributed by atoms with Crippen LogP contribution in [0.25, 0.3) is 6.08 Å². The summed E-state index contributed by atoms with van der Waals surface area (Å²) in [6.07, 6.45) is 4.10. The highest BCUT2D eigenvalue weighted by Gasteiger charge is 2.09. The van der Waals surface area contributed by atoms with Gasteiger partial charge in [0, 0.05) is 12.1 Å². The Kier molecular flexibility index (Phi) is 1.65. The summed E-state index contributed by atoms with van der Waals surface area (Å²) in [6.45, 7) is 2.17. The van der Waals surface area contributed by atoms with E-state index < -0.39 is 0 Å². The third-order valence-electron chi connectivity index (χ3n) is 2.35. The van der Waals surface area contributed by atoms with E-state index in [1.807, 2.05) is 0 Å². The second kappa shape index (κ2) is 2.67. The molecule has 0 saturated carbocycles. The van der Waals surface area contributed by atoms with Gasteiger partial charge in [-0.25, -0.2) is 0 Å². The Morgan fingerprint density at radius 3 is 3.00 bits per heavy atom. The van der Waals surface area contributed by atoms with Crippen LogP contribution in [0.15, 0.2) is 23.9 Å². The fourth-order valence-electron chi connectivity index (χ4n) is 1.64. The average Bonchev–Trinajstić information content (AvgIpc) is 2.43. The zero-order chi connectivity index (χ0) is 8.55. The summed E-state index contributed by atoms with van der Waals surface area (Å²) in [7, 11) is 0. The van der Waals surface area contributed by atoms with E-state index in [0.717, 1.165) is 18.5 Å². The zero-order valence-electron chi connectivity index (χ0n) is 7.30. The van der Waals surface area contributed by atoms with Crippen LogP contribution in [0.5, 0.6) is 0 Å². The normalized spacial score (nSPS) is 14.2. The second-order valence-corrected chi connectivity index (χ2v) is 3.28. The SMILES string of the molecule is CCc1ccc2c(c1)CC(N)=C2. The molecule has 0 saturated heterocycles. The van der Waals surface area contributed by atoms with Crippen molar-refractivity contribution in [2.75, 3.05) is 0 Å². The summed E-state index contributed by atoms with van der Waals surface area (Å²) < 4.78 is 0. The first kappa shape index (κ1) is 7.41. The Balaban J connectivity index is 2.42. The molecule has 62 valence electrons. The van der Waals surface area contributed by atoms with Crippen molar-refractivity contribution in [2.24, 2.45) is 5.73 Å². The summed E-state index contributed by atoms with van der Waals surface area (Å²) in [5.41, 5.74) is 10.8. The van der Waals surface area contributed by atoms with Crippen molar-refractivity contribution >= 4 is 6.08 Å². The van der Waals surface area contributed by atoms with E-state index in [2.05, 4.69) is 31.2 Å². The molecule has 0 unspecified atom stereocenters. The third kappa shape index (κ3) is 1.11. The van der Waals surface area contributed by atoms with Crippen molar-refractivity contribution in [3.05, 3.63) is 40.6 Å². The number of rotatable bonds is 1. The van der Waals surface area contributed by atoms with Crippen LogP contribution in [-0.2, 0) is 12.8 Å². The van der Waals surface area contributed by atoms with Gasteiger partial charge in [-0.2, -0.15) is 0 Å². The van der Waals surface area contributed by atoms with Crippen molar-refractivity contribution in [2.45, 2.75) is 19.8 Å². The number of hydrogen-bond acceptors (Lipinski definition) is 1. The molecule has 1 aliphatic carbocycles. The number of benzene rings is 1. The molecule has 0 amide bonds. The van der Waals surface area contributed by atoms with Crippen LogP contribution in [0.2, 0.25) is 0 Å². The van der Waals surface area contributed by atoms with Gasteiger partial charge in [-0.3, -0.25) is 0 Å². The molecule has 0 bridgehead atoms. The minimum Gasteiger partial charge on any atom is -0.402 e. The lowest BCUT2D eigenvalue weighted by Gasteiger charge is -2.01. The van der Waals surface area contributed by atoms with E-state index in [4.69, 9.17) is 5.73 Å². The van der Waals surface area contributed by atoms with Gasteiger partial charge < -0.3 is 5.73 Å². The first-order valence-corrected chi connectivity index (χ1v) is 4.37. The highest BCUT2D eigenvalue weighted by Crippen LogP contribution is 2.23. The first-order valence-electron chi connectivity index (χ1n) is 4.37. The smallest absolute Gasteiger partial charge is 0.0131 e. The van der Waals surface area contributed by atoms with Crippen LogP contribution in [0.3, 0.4) is 0 Å². The van der Waals surface area contributed by atoms with Crippen LogP contribution < -0.4 is 5.73 Å². The molecule has 1 aliphatic rings. The van der Waals surface area contributed by atoms with Gasteiger partial charge in [0.25, 0.3) is 0 Å². The van der Waals surface area contributed by atoms with Gasteiger partial charge in [-0.15, -0.1) is 0 Å². The first-order chi connectivity index (χ1) is 5.79. The maximum absolute atomic E-state index is 5.74. The van der Waals surface area contributed by atoms with Gasteiger partial charge in [0.05, 0.1) is 0 Å². The van der Waals surface area contributed by atoms with E-state index in [0.29, 0.717) is 0 Å². The van der Waals surface area contributed by atoms with Gasteiger partial charge in [0.15, 0.2) is 0 Å². The quantitative estimate of drug-likeness (QED) is 0.667. The van der Waals surface area contributed by atoms with Crippen LogP contribution in [0, 0.1) is 0 Å². The molecular formula is C11H13N. The predicted molar refractivity (Wildman–Crippen MR) is 51.7 cm³/mol. The lowest BCUT2D eigenvalue weighted by molar-refractivity contribution is 1.10. The Morgan fingerprint density at radius 2 is 2.25 bits per heavy atom. The molecule has 0 spiro atoms. The molecule has 1 aromatic rings. The molecule has 2 N–H and O–H groups in total. The minimum absolute atomic E-state index is 0.934. The fraction of sp³-hybridized carbons (Fsp3) is 0.273. The molecule has 1 heteroatoms. The Morgan fingerprint density at radius 1 is 1.42 bits per heavy atom. The van der Waals surface area contributed by atoms with Gasteiger partial charge in [0.1, 0.15) is 0 Å². The van der Waals surface area contributed by atoms with E-state index in [1.54, 1.807) is 0 Å². The lowest BCUT2D eigenvalue weighted by atomic mass is 10.0. The van der Waals surface area contributed by atoms with Crippen molar-refractivity contribution < 1.29 is 0 Å².